The smallest absolute Gasteiger partial charge is 0.412 e. The van der Waals surface area contributed by atoms with Crippen LogP contribution in [0.1, 0.15) is 30.5 Å². The van der Waals surface area contributed by atoms with E-state index < -0.39 is 6.09 Å². The Morgan fingerprint density at radius 1 is 1.04 bits per heavy atom. The fourth-order valence-electron chi connectivity index (χ4n) is 2.64. The van der Waals surface area contributed by atoms with Crippen molar-refractivity contribution >= 4 is 6.09 Å². The number of carbonyl (C=O) groups is 1. The van der Waals surface area contributed by atoms with E-state index in [0.29, 0.717) is 12.3 Å². The molecule has 1 atom stereocenters. The maximum Gasteiger partial charge on any atom is 0.412 e. The van der Waals surface area contributed by atoms with Crippen molar-refractivity contribution < 1.29 is 14.3 Å². The first-order chi connectivity index (χ1) is 12.2. The molecule has 0 aliphatic carbocycles. The molecule has 25 heavy (non-hydrogen) atoms. The predicted molar refractivity (Wildman–Crippen MR) is 99.3 cm³/mol. The van der Waals surface area contributed by atoms with E-state index in [4.69, 9.17) is 9.47 Å². The summed E-state index contributed by atoms with van der Waals surface area (Å²) in [4.78, 5) is 11.4. The Kier molecular flexibility index (Phi) is 7.29. The Balaban J connectivity index is 1.93. The lowest BCUT2D eigenvalue weighted by molar-refractivity contribution is 0.201. The zero-order chi connectivity index (χ0) is 18.1. The van der Waals surface area contributed by atoms with Crippen LogP contribution in [0, 0.1) is 0 Å². The maximum atomic E-state index is 11.4. The molecule has 0 saturated carbocycles. The summed E-state index contributed by atoms with van der Waals surface area (Å²) in [5, 5.41) is 5.95. The molecule has 0 aliphatic heterocycles. The fraction of sp³-hybridized carbons (Fsp3) is 0.350. The van der Waals surface area contributed by atoms with Gasteiger partial charge in [0.2, 0.25) is 0 Å². The summed E-state index contributed by atoms with van der Waals surface area (Å²) < 4.78 is 10.4. The van der Waals surface area contributed by atoms with Gasteiger partial charge >= 0.3 is 6.09 Å². The van der Waals surface area contributed by atoms with Gasteiger partial charge in [0, 0.05) is 12.6 Å². The molecular weight excluding hydrogens is 316 g/mol. The highest BCUT2D eigenvalue weighted by Crippen LogP contribution is 2.22. The number of aryl methyl sites for hydroxylation is 1. The number of benzene rings is 2. The number of methoxy groups -OCH3 is 1. The number of amides is 1. The summed E-state index contributed by atoms with van der Waals surface area (Å²) in [7, 11) is 3.63. The molecule has 1 amide bonds. The highest BCUT2D eigenvalue weighted by atomic mass is 16.6. The summed E-state index contributed by atoms with van der Waals surface area (Å²) in [5.74, 6) is 1.41. The first kappa shape index (κ1) is 18.8. The van der Waals surface area contributed by atoms with E-state index in [1.165, 1.54) is 11.1 Å². The second-order valence-electron chi connectivity index (χ2n) is 5.72. The van der Waals surface area contributed by atoms with Crippen LogP contribution in [0.5, 0.6) is 11.5 Å². The van der Waals surface area contributed by atoms with Gasteiger partial charge in [0.15, 0.2) is 0 Å². The zero-order valence-corrected chi connectivity index (χ0v) is 15.0. The molecule has 1 unspecified atom stereocenters. The van der Waals surface area contributed by atoms with Crippen molar-refractivity contribution in [1.29, 1.82) is 0 Å². The first-order valence-corrected chi connectivity index (χ1v) is 8.52. The summed E-state index contributed by atoms with van der Waals surface area (Å²) in [5.41, 5.74) is 2.44. The van der Waals surface area contributed by atoms with Gasteiger partial charge in [-0.1, -0.05) is 24.3 Å². The van der Waals surface area contributed by atoms with Crippen molar-refractivity contribution in [2.24, 2.45) is 0 Å². The van der Waals surface area contributed by atoms with Crippen LogP contribution in [0.25, 0.3) is 0 Å². The molecule has 2 aromatic carbocycles. The quantitative estimate of drug-likeness (QED) is 0.768. The second kappa shape index (κ2) is 9.69. The fourth-order valence-corrected chi connectivity index (χ4v) is 2.64. The van der Waals surface area contributed by atoms with E-state index in [9.17, 15) is 4.79 Å². The van der Waals surface area contributed by atoms with Crippen molar-refractivity contribution in [3.63, 3.8) is 0 Å². The van der Waals surface area contributed by atoms with Gasteiger partial charge < -0.3 is 20.1 Å². The van der Waals surface area contributed by atoms with Crippen LogP contribution in [0.3, 0.4) is 0 Å². The normalized spacial score (nSPS) is 11.6. The molecule has 0 bridgehead atoms. The SMILES string of the molecule is CCNC(=O)Oc1ccc(C(CCc2ccc(OC)cc2)NC)cc1. The van der Waals surface area contributed by atoms with Gasteiger partial charge in [-0.05, 0) is 62.2 Å². The minimum Gasteiger partial charge on any atom is -0.497 e. The van der Waals surface area contributed by atoms with Gasteiger partial charge in [-0.2, -0.15) is 0 Å². The third-order valence-electron chi connectivity index (χ3n) is 4.04. The van der Waals surface area contributed by atoms with Crippen LogP contribution in [-0.2, 0) is 6.42 Å². The number of rotatable bonds is 8. The molecule has 2 rings (SSSR count). The largest absolute Gasteiger partial charge is 0.497 e. The van der Waals surface area contributed by atoms with E-state index >= 15 is 0 Å². The van der Waals surface area contributed by atoms with Crippen LogP contribution in [0.15, 0.2) is 48.5 Å². The zero-order valence-electron chi connectivity index (χ0n) is 15.0. The van der Waals surface area contributed by atoms with E-state index in [1.54, 1.807) is 7.11 Å². The first-order valence-electron chi connectivity index (χ1n) is 8.52. The lowest BCUT2D eigenvalue weighted by atomic mass is 9.99. The molecule has 0 saturated heterocycles. The number of nitrogens with one attached hydrogen (secondary N) is 2. The molecule has 0 heterocycles. The van der Waals surface area contributed by atoms with Crippen LogP contribution in [0.4, 0.5) is 4.79 Å². The van der Waals surface area contributed by atoms with Crippen molar-refractivity contribution in [1.82, 2.24) is 10.6 Å². The lowest BCUT2D eigenvalue weighted by Crippen LogP contribution is -2.26. The highest BCUT2D eigenvalue weighted by molar-refractivity contribution is 5.70. The van der Waals surface area contributed by atoms with Gasteiger partial charge in [-0.3, -0.25) is 0 Å². The Hall–Kier alpha value is -2.53. The molecule has 0 radical (unpaired) electrons. The Morgan fingerprint density at radius 2 is 1.68 bits per heavy atom. The minimum atomic E-state index is -0.431. The van der Waals surface area contributed by atoms with E-state index in [-0.39, 0.29) is 6.04 Å². The summed E-state index contributed by atoms with van der Waals surface area (Å²) in [6.07, 6.45) is 1.51. The Bertz CT molecular complexity index is 654. The second-order valence-corrected chi connectivity index (χ2v) is 5.72. The average molecular weight is 342 g/mol. The predicted octanol–water partition coefficient (Wildman–Crippen LogP) is 3.70. The van der Waals surface area contributed by atoms with Crippen molar-refractivity contribution in [3.8, 4) is 11.5 Å². The van der Waals surface area contributed by atoms with Crippen molar-refractivity contribution in [2.45, 2.75) is 25.8 Å². The Morgan fingerprint density at radius 3 is 2.24 bits per heavy atom. The number of hydrogen-bond donors (Lipinski definition) is 2. The summed E-state index contributed by atoms with van der Waals surface area (Å²) in [6, 6.07) is 16.0. The van der Waals surface area contributed by atoms with Gasteiger partial charge in [-0.25, -0.2) is 4.79 Å². The molecule has 0 fully saturated rings. The maximum absolute atomic E-state index is 11.4. The third kappa shape index (κ3) is 5.80. The van der Waals surface area contributed by atoms with Gasteiger partial charge in [0.05, 0.1) is 7.11 Å². The monoisotopic (exact) mass is 342 g/mol. The average Bonchev–Trinajstić information content (AvgIpc) is 2.64. The van der Waals surface area contributed by atoms with Crippen LogP contribution < -0.4 is 20.1 Å². The summed E-state index contributed by atoms with van der Waals surface area (Å²) >= 11 is 0. The van der Waals surface area contributed by atoms with Gasteiger partial charge in [-0.15, -0.1) is 0 Å². The van der Waals surface area contributed by atoms with E-state index in [0.717, 1.165) is 18.6 Å². The topological polar surface area (TPSA) is 59.6 Å². The third-order valence-corrected chi connectivity index (χ3v) is 4.04. The van der Waals surface area contributed by atoms with Crippen LogP contribution in [-0.4, -0.2) is 26.8 Å². The molecule has 5 heteroatoms. The lowest BCUT2D eigenvalue weighted by Gasteiger charge is -2.17. The van der Waals surface area contributed by atoms with E-state index in [2.05, 4.69) is 22.8 Å². The molecule has 2 N–H and O–H groups in total. The number of hydrogen-bond acceptors (Lipinski definition) is 4. The number of ether oxygens (including phenoxy) is 2. The number of carbonyl (C=O) groups excluding carboxylic acids is 1. The molecule has 134 valence electrons. The van der Waals surface area contributed by atoms with Crippen molar-refractivity contribution in [3.05, 3.63) is 59.7 Å². The van der Waals surface area contributed by atoms with Gasteiger partial charge in [0.1, 0.15) is 11.5 Å². The molecule has 5 nitrogen and oxygen atoms in total. The molecule has 2 aromatic rings. The standard InChI is InChI=1S/C20H26N2O3/c1-4-22-20(23)25-18-12-8-16(9-13-18)19(21-2)14-7-15-5-10-17(24-3)11-6-15/h5-6,8-13,19,21H,4,7,14H2,1-3H3,(H,22,23). The molecular formula is C20H26N2O3. The molecule has 0 aliphatic rings. The molecule has 0 aromatic heterocycles. The van der Waals surface area contributed by atoms with Gasteiger partial charge in [0.25, 0.3) is 0 Å². The Labute approximate surface area is 149 Å². The van der Waals surface area contributed by atoms with Crippen LogP contribution in [0.2, 0.25) is 0 Å². The van der Waals surface area contributed by atoms with Crippen LogP contribution >= 0.6 is 0 Å². The molecule has 0 spiro atoms. The van der Waals surface area contributed by atoms with E-state index in [1.807, 2.05) is 50.4 Å². The van der Waals surface area contributed by atoms with Crippen molar-refractivity contribution in [2.75, 3.05) is 20.7 Å². The summed E-state index contributed by atoms with van der Waals surface area (Å²) in [6.45, 7) is 2.40. The highest BCUT2D eigenvalue weighted by Gasteiger charge is 2.10. The minimum absolute atomic E-state index is 0.237.